The molecule has 1 aromatic carbocycles. The van der Waals surface area contributed by atoms with Gasteiger partial charge >= 0.3 is 6.09 Å². The normalized spacial score (nSPS) is 10.7. The monoisotopic (exact) mass is 388 g/mol. The Morgan fingerprint density at radius 3 is 2.52 bits per heavy atom. The van der Waals surface area contributed by atoms with E-state index in [2.05, 4.69) is 22.1 Å². The number of anilines is 1. The Balaban J connectivity index is 2.68. The second kappa shape index (κ2) is 13.6. The van der Waals surface area contributed by atoms with E-state index >= 15 is 0 Å². The number of benzene rings is 1. The molecule has 144 valence electrons. The standard InChI is InChI=1S/C21H25FN2O2S/c1-3-5-7-14-24(15-8-6-4-2)19-10-9-11-20(16-19)27-17-18(22)12-13-23-21(25)26/h1-2,9-12,16,23H,5-8,13-15,17H2,(H,25,26)/b18-12-. The highest BCUT2D eigenvalue weighted by atomic mass is 32.2. The quantitative estimate of drug-likeness (QED) is 0.314. The summed E-state index contributed by atoms with van der Waals surface area (Å²) >= 11 is 1.37. The van der Waals surface area contributed by atoms with Crippen LogP contribution in [0.1, 0.15) is 25.7 Å². The molecule has 0 saturated carbocycles. The van der Waals surface area contributed by atoms with Crippen molar-refractivity contribution in [3.8, 4) is 24.7 Å². The number of carbonyl (C=O) groups is 1. The molecular weight excluding hydrogens is 363 g/mol. The number of hydrogen-bond donors (Lipinski definition) is 2. The number of nitrogens with zero attached hydrogens (tertiary/aromatic N) is 1. The van der Waals surface area contributed by atoms with Crippen LogP contribution in [-0.2, 0) is 0 Å². The molecule has 27 heavy (non-hydrogen) atoms. The first-order chi connectivity index (χ1) is 13.1. The van der Waals surface area contributed by atoms with Gasteiger partial charge in [0.05, 0.1) is 0 Å². The van der Waals surface area contributed by atoms with E-state index in [1.54, 1.807) is 0 Å². The molecule has 0 unspecified atom stereocenters. The van der Waals surface area contributed by atoms with Crippen LogP contribution in [-0.4, -0.2) is 36.6 Å². The molecule has 0 aliphatic carbocycles. The van der Waals surface area contributed by atoms with Crippen LogP contribution in [0.3, 0.4) is 0 Å². The van der Waals surface area contributed by atoms with Gasteiger partial charge in [0.2, 0.25) is 0 Å². The number of hydrogen-bond acceptors (Lipinski definition) is 3. The maximum Gasteiger partial charge on any atom is 0.404 e. The minimum atomic E-state index is -1.17. The molecule has 0 spiro atoms. The molecular formula is C21H25FN2O2S. The van der Waals surface area contributed by atoms with E-state index in [1.807, 2.05) is 24.3 Å². The number of halogens is 1. The molecule has 1 aromatic rings. The third-order valence-corrected chi connectivity index (χ3v) is 4.64. The summed E-state index contributed by atoms with van der Waals surface area (Å²) in [6, 6.07) is 7.93. The van der Waals surface area contributed by atoms with Gasteiger partial charge in [-0.15, -0.1) is 36.4 Å². The van der Waals surface area contributed by atoms with Crippen LogP contribution in [0.2, 0.25) is 0 Å². The molecule has 0 atom stereocenters. The number of rotatable bonds is 12. The molecule has 0 heterocycles. The lowest BCUT2D eigenvalue weighted by molar-refractivity contribution is 0.195. The van der Waals surface area contributed by atoms with Crippen molar-refractivity contribution in [3.63, 3.8) is 0 Å². The van der Waals surface area contributed by atoms with Gasteiger partial charge in [0.1, 0.15) is 5.83 Å². The highest BCUT2D eigenvalue weighted by Gasteiger charge is 2.08. The Labute approximate surface area is 165 Å². The number of amides is 1. The van der Waals surface area contributed by atoms with E-state index < -0.39 is 6.09 Å². The first-order valence-corrected chi connectivity index (χ1v) is 9.71. The van der Waals surface area contributed by atoms with E-state index in [4.69, 9.17) is 18.0 Å². The summed E-state index contributed by atoms with van der Waals surface area (Å²) in [4.78, 5) is 13.6. The van der Waals surface area contributed by atoms with Crippen LogP contribution in [0.15, 0.2) is 41.1 Å². The van der Waals surface area contributed by atoms with Crippen molar-refractivity contribution >= 4 is 23.5 Å². The first kappa shape index (κ1) is 22.5. The van der Waals surface area contributed by atoms with E-state index in [0.29, 0.717) is 0 Å². The predicted octanol–water partition coefficient (Wildman–Crippen LogP) is 4.53. The minimum Gasteiger partial charge on any atom is -0.465 e. The first-order valence-electron chi connectivity index (χ1n) is 8.73. The molecule has 0 radical (unpaired) electrons. The fourth-order valence-electron chi connectivity index (χ4n) is 2.34. The lowest BCUT2D eigenvalue weighted by Gasteiger charge is -2.25. The molecule has 1 rings (SSSR count). The Morgan fingerprint density at radius 2 is 1.93 bits per heavy atom. The zero-order valence-corrected chi connectivity index (χ0v) is 16.1. The molecule has 0 aromatic heterocycles. The van der Waals surface area contributed by atoms with Crippen LogP contribution >= 0.6 is 11.8 Å². The van der Waals surface area contributed by atoms with E-state index in [0.717, 1.165) is 49.4 Å². The molecule has 4 nitrogen and oxygen atoms in total. The largest absolute Gasteiger partial charge is 0.465 e. The molecule has 0 saturated heterocycles. The minimum absolute atomic E-state index is 0.0418. The van der Waals surface area contributed by atoms with Gasteiger partial charge in [0.15, 0.2) is 0 Å². The zero-order valence-electron chi connectivity index (χ0n) is 15.3. The van der Waals surface area contributed by atoms with Crippen molar-refractivity contribution < 1.29 is 14.3 Å². The number of thioether (sulfide) groups is 1. The molecule has 2 N–H and O–H groups in total. The number of terminal acetylenes is 2. The van der Waals surface area contributed by atoms with Crippen LogP contribution in [0.4, 0.5) is 14.9 Å². The second-order valence-corrected chi connectivity index (χ2v) is 6.77. The topological polar surface area (TPSA) is 52.6 Å². The highest BCUT2D eigenvalue weighted by Crippen LogP contribution is 2.26. The molecule has 6 heteroatoms. The lowest BCUT2D eigenvalue weighted by Crippen LogP contribution is -2.25. The van der Waals surface area contributed by atoms with Gasteiger partial charge in [0, 0.05) is 48.8 Å². The van der Waals surface area contributed by atoms with Crippen LogP contribution in [0, 0.1) is 24.7 Å². The maximum atomic E-state index is 13.8. The molecule has 0 aliphatic heterocycles. The third-order valence-electron chi connectivity index (χ3n) is 3.63. The molecule has 1 amide bonds. The van der Waals surface area contributed by atoms with Crippen LogP contribution in [0.5, 0.6) is 0 Å². The van der Waals surface area contributed by atoms with Crippen LogP contribution in [0.25, 0.3) is 0 Å². The SMILES string of the molecule is C#CCCCN(CCCC#C)c1cccc(SC/C(F)=C/CNC(=O)O)c1. The Kier molecular flexibility index (Phi) is 11.3. The second-order valence-electron chi connectivity index (χ2n) is 5.73. The smallest absolute Gasteiger partial charge is 0.404 e. The maximum absolute atomic E-state index is 13.8. The summed E-state index contributed by atoms with van der Waals surface area (Å²) in [5.74, 6) is 5.10. The van der Waals surface area contributed by atoms with Crippen molar-refractivity contribution in [1.29, 1.82) is 0 Å². The number of unbranched alkanes of at least 4 members (excludes halogenated alkanes) is 2. The molecule has 0 fully saturated rings. The average Bonchev–Trinajstić information content (AvgIpc) is 2.65. The van der Waals surface area contributed by atoms with Gasteiger partial charge in [-0.1, -0.05) is 6.07 Å². The summed E-state index contributed by atoms with van der Waals surface area (Å²) in [5.41, 5.74) is 1.06. The highest BCUT2D eigenvalue weighted by molar-refractivity contribution is 7.99. The summed E-state index contributed by atoms with van der Waals surface area (Å²) < 4.78 is 13.8. The van der Waals surface area contributed by atoms with Gasteiger partial charge in [-0.3, -0.25) is 0 Å². The molecule has 0 bridgehead atoms. The lowest BCUT2D eigenvalue weighted by atomic mass is 10.2. The van der Waals surface area contributed by atoms with Gasteiger partial charge in [-0.2, -0.15) is 0 Å². The summed E-state index contributed by atoms with van der Waals surface area (Å²) in [6.45, 7) is 1.65. The summed E-state index contributed by atoms with van der Waals surface area (Å²) in [7, 11) is 0. The molecule has 0 aliphatic rings. The van der Waals surface area contributed by atoms with E-state index in [-0.39, 0.29) is 18.1 Å². The Bertz CT molecular complexity index is 687. The number of nitrogens with one attached hydrogen (secondary N) is 1. The van der Waals surface area contributed by atoms with Gasteiger partial charge in [-0.05, 0) is 37.1 Å². The van der Waals surface area contributed by atoms with Gasteiger partial charge in [-0.25, -0.2) is 9.18 Å². The third kappa shape index (κ3) is 10.2. The number of carboxylic acid groups (broad SMARTS) is 1. The Morgan fingerprint density at radius 1 is 1.26 bits per heavy atom. The van der Waals surface area contributed by atoms with Crippen molar-refractivity contribution in [3.05, 3.63) is 36.2 Å². The van der Waals surface area contributed by atoms with Gasteiger partial charge < -0.3 is 15.3 Å². The fourth-order valence-corrected chi connectivity index (χ4v) is 3.15. The zero-order chi connectivity index (χ0) is 19.9. The van der Waals surface area contributed by atoms with Crippen LogP contribution < -0.4 is 10.2 Å². The summed E-state index contributed by atoms with van der Waals surface area (Å²) in [6.07, 6.45) is 14.0. The van der Waals surface area contributed by atoms with Crippen molar-refractivity contribution in [2.75, 3.05) is 30.3 Å². The summed E-state index contributed by atoms with van der Waals surface area (Å²) in [5, 5.41) is 10.6. The van der Waals surface area contributed by atoms with E-state index in [9.17, 15) is 9.18 Å². The van der Waals surface area contributed by atoms with Crippen molar-refractivity contribution in [2.24, 2.45) is 0 Å². The Hall–Kier alpha value is -2.57. The van der Waals surface area contributed by atoms with Crippen molar-refractivity contribution in [1.82, 2.24) is 5.32 Å². The van der Waals surface area contributed by atoms with E-state index in [1.165, 1.54) is 17.8 Å². The van der Waals surface area contributed by atoms with Gasteiger partial charge in [0.25, 0.3) is 0 Å². The fraction of sp³-hybridized carbons (Fsp3) is 0.381. The predicted molar refractivity (Wildman–Crippen MR) is 111 cm³/mol. The van der Waals surface area contributed by atoms with Crippen molar-refractivity contribution in [2.45, 2.75) is 30.6 Å². The average molecular weight is 389 g/mol.